The van der Waals surface area contributed by atoms with Crippen LogP contribution in [0.3, 0.4) is 0 Å². The molecular formula is C21H19ClN6O2. The number of benzene rings is 1. The highest BCUT2D eigenvalue weighted by molar-refractivity contribution is 6.30. The van der Waals surface area contributed by atoms with E-state index < -0.39 is 0 Å². The van der Waals surface area contributed by atoms with Crippen molar-refractivity contribution < 1.29 is 4.79 Å². The van der Waals surface area contributed by atoms with Crippen LogP contribution in [0.25, 0.3) is 16.6 Å². The van der Waals surface area contributed by atoms with Gasteiger partial charge >= 0.3 is 0 Å². The lowest BCUT2D eigenvalue weighted by molar-refractivity contribution is 0.0623. The first kappa shape index (κ1) is 18.8. The number of aromatic nitrogens is 4. The summed E-state index contributed by atoms with van der Waals surface area (Å²) in [5, 5.41) is 8.46. The van der Waals surface area contributed by atoms with Crippen LogP contribution in [0.2, 0.25) is 5.02 Å². The van der Waals surface area contributed by atoms with E-state index in [0.717, 1.165) is 10.9 Å². The number of para-hydroxylation sites is 1. The summed E-state index contributed by atoms with van der Waals surface area (Å²) in [6, 6.07) is 12.6. The number of pyridine rings is 1. The predicted octanol–water partition coefficient (Wildman–Crippen LogP) is 2.18. The molecule has 0 spiro atoms. The number of halogens is 1. The van der Waals surface area contributed by atoms with Gasteiger partial charge in [0.2, 0.25) is 0 Å². The molecule has 4 aromatic rings. The standard InChI is InChI=1S/C21H19ClN6O2/c22-14-5-6-18-23-15(11-19(29)28(18)12-14)13-26-7-9-27(10-8-26)21(30)20-16-3-1-2-4-17(16)24-25-20/h1-6,11-12H,7-10,13H2,(H,24,25). The van der Waals surface area contributed by atoms with Gasteiger partial charge in [0, 0.05) is 50.4 Å². The maximum absolute atomic E-state index is 12.9. The van der Waals surface area contributed by atoms with Gasteiger partial charge in [-0.25, -0.2) is 4.98 Å². The number of amides is 1. The number of nitrogens with zero attached hydrogens (tertiary/aromatic N) is 5. The van der Waals surface area contributed by atoms with E-state index in [2.05, 4.69) is 20.1 Å². The van der Waals surface area contributed by atoms with Crippen LogP contribution in [0.15, 0.2) is 53.5 Å². The number of hydrogen-bond acceptors (Lipinski definition) is 5. The minimum atomic E-state index is -0.156. The van der Waals surface area contributed by atoms with E-state index >= 15 is 0 Å². The lowest BCUT2D eigenvalue weighted by Gasteiger charge is -2.34. The molecule has 1 aromatic carbocycles. The van der Waals surface area contributed by atoms with Crippen LogP contribution >= 0.6 is 11.6 Å². The topological polar surface area (TPSA) is 86.6 Å². The fourth-order valence-corrected chi connectivity index (χ4v) is 3.98. The lowest BCUT2D eigenvalue weighted by atomic mass is 10.2. The minimum Gasteiger partial charge on any atom is -0.335 e. The normalized spacial score (nSPS) is 15.2. The van der Waals surface area contributed by atoms with Crippen molar-refractivity contribution in [2.75, 3.05) is 26.2 Å². The molecule has 30 heavy (non-hydrogen) atoms. The second kappa shape index (κ2) is 7.55. The summed E-state index contributed by atoms with van der Waals surface area (Å²) >= 11 is 5.96. The first-order valence-corrected chi connectivity index (χ1v) is 10.1. The van der Waals surface area contributed by atoms with E-state index in [-0.39, 0.29) is 11.5 Å². The fourth-order valence-electron chi connectivity index (χ4n) is 3.82. The van der Waals surface area contributed by atoms with Crippen LogP contribution in [0, 0.1) is 0 Å². The Balaban J connectivity index is 1.27. The molecule has 9 heteroatoms. The maximum Gasteiger partial charge on any atom is 0.275 e. The van der Waals surface area contributed by atoms with E-state index in [4.69, 9.17) is 11.6 Å². The fraction of sp³-hybridized carbons (Fsp3) is 0.238. The van der Waals surface area contributed by atoms with E-state index in [9.17, 15) is 9.59 Å². The molecule has 1 saturated heterocycles. The SMILES string of the molecule is O=C(c1n[nH]c2ccccc12)N1CCN(Cc2cc(=O)n3cc(Cl)ccc3n2)CC1. The molecule has 0 radical (unpaired) electrons. The van der Waals surface area contributed by atoms with E-state index in [1.165, 1.54) is 10.5 Å². The molecule has 152 valence electrons. The monoisotopic (exact) mass is 422 g/mol. The summed E-state index contributed by atoms with van der Waals surface area (Å²) in [6.45, 7) is 3.16. The van der Waals surface area contributed by atoms with E-state index in [0.29, 0.717) is 54.8 Å². The third kappa shape index (κ3) is 3.44. The molecule has 8 nitrogen and oxygen atoms in total. The first-order chi connectivity index (χ1) is 14.6. The van der Waals surface area contributed by atoms with E-state index in [1.54, 1.807) is 18.3 Å². The molecule has 1 amide bonds. The molecular weight excluding hydrogens is 404 g/mol. The Morgan fingerprint density at radius 3 is 2.73 bits per heavy atom. The molecule has 1 aliphatic heterocycles. The number of aromatic amines is 1. The molecule has 0 aliphatic carbocycles. The molecule has 1 aliphatic rings. The van der Waals surface area contributed by atoms with Gasteiger partial charge in [-0.3, -0.25) is 24.0 Å². The maximum atomic E-state index is 12.9. The highest BCUT2D eigenvalue weighted by Crippen LogP contribution is 2.18. The van der Waals surface area contributed by atoms with Crippen LogP contribution in [0.1, 0.15) is 16.2 Å². The summed E-state index contributed by atoms with van der Waals surface area (Å²) in [5.41, 5.74) is 2.44. The number of H-pyrrole nitrogens is 1. The predicted molar refractivity (Wildman–Crippen MR) is 114 cm³/mol. The van der Waals surface area contributed by atoms with Crippen molar-refractivity contribution in [2.45, 2.75) is 6.54 Å². The molecule has 0 saturated carbocycles. The average Bonchev–Trinajstić information content (AvgIpc) is 3.19. The quantitative estimate of drug-likeness (QED) is 0.547. The average molecular weight is 423 g/mol. The zero-order valence-electron chi connectivity index (χ0n) is 16.1. The Labute approximate surface area is 176 Å². The molecule has 1 N–H and O–H groups in total. The van der Waals surface area contributed by atoms with Crippen molar-refractivity contribution >= 4 is 34.1 Å². The first-order valence-electron chi connectivity index (χ1n) is 9.71. The van der Waals surface area contributed by atoms with Gasteiger partial charge < -0.3 is 4.90 Å². The van der Waals surface area contributed by atoms with Gasteiger partial charge in [-0.2, -0.15) is 5.10 Å². The summed E-state index contributed by atoms with van der Waals surface area (Å²) in [4.78, 5) is 33.9. The molecule has 0 unspecified atom stereocenters. The smallest absolute Gasteiger partial charge is 0.275 e. The van der Waals surface area contributed by atoms with Crippen LogP contribution < -0.4 is 5.56 Å². The van der Waals surface area contributed by atoms with Crippen molar-refractivity contribution in [3.8, 4) is 0 Å². The highest BCUT2D eigenvalue weighted by Gasteiger charge is 2.25. The number of hydrogen-bond donors (Lipinski definition) is 1. The molecule has 0 atom stereocenters. The largest absolute Gasteiger partial charge is 0.335 e. The number of carbonyl (C=O) groups is 1. The number of nitrogens with one attached hydrogen (secondary N) is 1. The Hall–Kier alpha value is -3.23. The molecule has 5 rings (SSSR count). The Morgan fingerprint density at radius 1 is 1.10 bits per heavy atom. The summed E-state index contributed by atoms with van der Waals surface area (Å²) in [7, 11) is 0. The zero-order valence-corrected chi connectivity index (χ0v) is 16.8. The lowest BCUT2D eigenvalue weighted by Crippen LogP contribution is -2.48. The number of fused-ring (bicyclic) bond motifs is 2. The van der Waals surface area contributed by atoms with Crippen molar-refractivity contribution in [3.63, 3.8) is 0 Å². The van der Waals surface area contributed by atoms with Crippen LogP contribution in [-0.4, -0.2) is 61.5 Å². The van der Waals surface area contributed by atoms with Gasteiger partial charge in [0.25, 0.3) is 11.5 Å². The Morgan fingerprint density at radius 2 is 1.90 bits per heavy atom. The van der Waals surface area contributed by atoms with Crippen LogP contribution in [-0.2, 0) is 6.54 Å². The van der Waals surface area contributed by atoms with Crippen LogP contribution in [0.4, 0.5) is 0 Å². The van der Waals surface area contributed by atoms with Crippen molar-refractivity contribution in [1.82, 2.24) is 29.4 Å². The number of piperazine rings is 1. The van der Waals surface area contributed by atoms with Gasteiger partial charge in [-0.15, -0.1) is 0 Å². The van der Waals surface area contributed by atoms with Gasteiger partial charge in [0.15, 0.2) is 5.69 Å². The van der Waals surface area contributed by atoms with Gasteiger partial charge in [0.05, 0.1) is 16.2 Å². The second-order valence-corrected chi connectivity index (χ2v) is 7.78. The van der Waals surface area contributed by atoms with E-state index in [1.807, 2.05) is 29.2 Å². The molecule has 3 aromatic heterocycles. The third-order valence-electron chi connectivity index (χ3n) is 5.39. The molecule has 0 bridgehead atoms. The van der Waals surface area contributed by atoms with Gasteiger partial charge in [-0.05, 0) is 18.2 Å². The van der Waals surface area contributed by atoms with Crippen molar-refractivity contribution in [3.05, 3.63) is 75.4 Å². The summed E-state index contributed by atoms with van der Waals surface area (Å²) < 4.78 is 1.44. The number of rotatable bonds is 3. The van der Waals surface area contributed by atoms with Gasteiger partial charge in [0.1, 0.15) is 5.65 Å². The summed E-state index contributed by atoms with van der Waals surface area (Å²) in [5.74, 6) is -0.0638. The molecule has 4 heterocycles. The van der Waals surface area contributed by atoms with Crippen LogP contribution in [0.5, 0.6) is 0 Å². The Bertz CT molecular complexity index is 1310. The van der Waals surface area contributed by atoms with Crippen molar-refractivity contribution in [2.24, 2.45) is 0 Å². The summed E-state index contributed by atoms with van der Waals surface area (Å²) in [6.07, 6.45) is 1.57. The molecule has 1 fully saturated rings. The zero-order chi connectivity index (χ0) is 20.7. The number of carbonyl (C=O) groups excluding carboxylic acids is 1. The minimum absolute atomic E-state index is 0.0638. The second-order valence-electron chi connectivity index (χ2n) is 7.35. The van der Waals surface area contributed by atoms with Gasteiger partial charge in [-0.1, -0.05) is 29.8 Å². The third-order valence-corrected chi connectivity index (χ3v) is 5.62. The highest BCUT2D eigenvalue weighted by atomic mass is 35.5. The van der Waals surface area contributed by atoms with Crippen molar-refractivity contribution in [1.29, 1.82) is 0 Å². The Kier molecular flexibility index (Phi) is 4.72.